The number of ether oxygens (including phenoxy) is 1. The fourth-order valence-electron chi connectivity index (χ4n) is 3.02. The number of rotatable bonds is 7. The Morgan fingerprint density at radius 1 is 1.03 bits per heavy atom. The summed E-state index contributed by atoms with van der Waals surface area (Å²) >= 11 is 0. The van der Waals surface area contributed by atoms with Crippen LogP contribution in [0.4, 0.5) is 16.4 Å². The SMILES string of the molecule is CCOc1ccc(N2C(=O)NC(=O)/C(=C\c3ccc(N(CC)CC)o3)C2=O)cc1. The molecule has 1 aromatic heterocycles. The van der Waals surface area contributed by atoms with E-state index >= 15 is 0 Å². The third-order valence-corrected chi connectivity index (χ3v) is 4.48. The molecule has 29 heavy (non-hydrogen) atoms. The van der Waals surface area contributed by atoms with Gasteiger partial charge >= 0.3 is 6.03 Å². The van der Waals surface area contributed by atoms with Crippen LogP contribution in [0.5, 0.6) is 5.75 Å². The van der Waals surface area contributed by atoms with Crippen molar-refractivity contribution in [1.82, 2.24) is 5.32 Å². The summed E-state index contributed by atoms with van der Waals surface area (Å²) in [4.78, 5) is 40.4. The topological polar surface area (TPSA) is 92.1 Å². The van der Waals surface area contributed by atoms with Gasteiger partial charge in [0.2, 0.25) is 0 Å². The number of benzene rings is 1. The molecule has 1 N–H and O–H groups in total. The second-order valence-corrected chi connectivity index (χ2v) is 6.23. The summed E-state index contributed by atoms with van der Waals surface area (Å²) in [6.45, 7) is 7.89. The van der Waals surface area contributed by atoms with E-state index in [-0.39, 0.29) is 5.57 Å². The molecule has 2 heterocycles. The van der Waals surface area contributed by atoms with Crippen molar-refractivity contribution in [1.29, 1.82) is 0 Å². The lowest BCUT2D eigenvalue weighted by atomic mass is 10.1. The van der Waals surface area contributed by atoms with E-state index < -0.39 is 17.8 Å². The van der Waals surface area contributed by atoms with Crippen LogP contribution in [-0.2, 0) is 9.59 Å². The summed E-state index contributed by atoms with van der Waals surface area (Å²) in [5, 5.41) is 2.20. The highest BCUT2D eigenvalue weighted by atomic mass is 16.5. The molecular weight excluding hydrogens is 374 g/mol. The molecule has 0 bridgehead atoms. The molecule has 2 aromatic rings. The summed E-state index contributed by atoms with van der Waals surface area (Å²) in [6, 6.07) is 9.13. The first kappa shape index (κ1) is 20.2. The maximum Gasteiger partial charge on any atom is 0.335 e. The molecule has 8 heteroatoms. The molecule has 1 aromatic carbocycles. The van der Waals surface area contributed by atoms with Gasteiger partial charge < -0.3 is 14.1 Å². The molecule has 4 amide bonds. The average molecular weight is 397 g/mol. The highest BCUT2D eigenvalue weighted by Crippen LogP contribution is 2.26. The summed E-state index contributed by atoms with van der Waals surface area (Å²) in [7, 11) is 0. The van der Waals surface area contributed by atoms with Crippen molar-refractivity contribution in [2.45, 2.75) is 20.8 Å². The van der Waals surface area contributed by atoms with Crippen LogP contribution in [0.1, 0.15) is 26.5 Å². The number of amides is 4. The van der Waals surface area contributed by atoms with E-state index in [4.69, 9.17) is 9.15 Å². The monoisotopic (exact) mass is 397 g/mol. The quantitative estimate of drug-likeness (QED) is 0.570. The normalized spacial score (nSPS) is 15.6. The van der Waals surface area contributed by atoms with Gasteiger partial charge in [0.1, 0.15) is 17.1 Å². The van der Waals surface area contributed by atoms with Gasteiger partial charge in [0, 0.05) is 19.2 Å². The van der Waals surface area contributed by atoms with Gasteiger partial charge in [-0.1, -0.05) is 0 Å². The van der Waals surface area contributed by atoms with Crippen LogP contribution in [0.15, 0.2) is 46.4 Å². The molecule has 1 aliphatic rings. The Balaban J connectivity index is 1.89. The lowest BCUT2D eigenvalue weighted by Crippen LogP contribution is -2.54. The second-order valence-electron chi connectivity index (χ2n) is 6.23. The third kappa shape index (κ3) is 4.16. The highest BCUT2D eigenvalue weighted by Gasteiger charge is 2.37. The molecule has 0 aliphatic carbocycles. The number of barbiturate groups is 1. The van der Waals surface area contributed by atoms with E-state index in [9.17, 15) is 14.4 Å². The van der Waals surface area contributed by atoms with Gasteiger partial charge in [-0.15, -0.1) is 0 Å². The van der Waals surface area contributed by atoms with Crippen LogP contribution in [-0.4, -0.2) is 37.5 Å². The molecule has 0 unspecified atom stereocenters. The van der Waals surface area contributed by atoms with Gasteiger partial charge in [0.25, 0.3) is 11.8 Å². The van der Waals surface area contributed by atoms with Gasteiger partial charge in [0.15, 0.2) is 5.88 Å². The minimum absolute atomic E-state index is 0.182. The Morgan fingerprint density at radius 2 is 1.72 bits per heavy atom. The number of hydrogen-bond acceptors (Lipinski definition) is 6. The number of furan rings is 1. The Hall–Kier alpha value is -3.55. The van der Waals surface area contributed by atoms with E-state index in [0.29, 0.717) is 29.7 Å². The Morgan fingerprint density at radius 3 is 2.34 bits per heavy atom. The number of imide groups is 2. The standard InChI is InChI=1S/C21H23N3O5/c1-4-23(5-2)18-12-11-16(29-18)13-17-19(25)22-21(27)24(20(17)26)14-7-9-15(10-8-14)28-6-3/h7-13H,4-6H2,1-3H3,(H,22,25,27)/b17-13+. The largest absolute Gasteiger partial charge is 0.494 e. The van der Waals surface area contributed by atoms with E-state index in [1.54, 1.807) is 36.4 Å². The maximum absolute atomic E-state index is 12.9. The lowest BCUT2D eigenvalue weighted by Gasteiger charge is -2.26. The molecule has 8 nitrogen and oxygen atoms in total. The van der Waals surface area contributed by atoms with Crippen molar-refractivity contribution < 1.29 is 23.5 Å². The minimum Gasteiger partial charge on any atom is -0.494 e. The predicted molar refractivity (Wildman–Crippen MR) is 109 cm³/mol. The Labute approximate surface area is 168 Å². The van der Waals surface area contributed by atoms with E-state index in [0.717, 1.165) is 18.0 Å². The molecule has 152 valence electrons. The summed E-state index contributed by atoms with van der Waals surface area (Å²) in [5.41, 5.74) is 0.150. The Kier molecular flexibility index (Phi) is 6.01. The highest BCUT2D eigenvalue weighted by molar-refractivity contribution is 6.39. The van der Waals surface area contributed by atoms with Crippen molar-refractivity contribution in [2.24, 2.45) is 0 Å². The first-order valence-corrected chi connectivity index (χ1v) is 9.47. The van der Waals surface area contributed by atoms with Gasteiger partial charge in [-0.25, -0.2) is 9.69 Å². The van der Waals surface area contributed by atoms with Crippen LogP contribution in [0.25, 0.3) is 6.08 Å². The minimum atomic E-state index is -0.801. The van der Waals surface area contributed by atoms with Crippen molar-refractivity contribution in [3.05, 3.63) is 47.7 Å². The van der Waals surface area contributed by atoms with Crippen LogP contribution in [0.3, 0.4) is 0 Å². The van der Waals surface area contributed by atoms with Crippen LogP contribution in [0, 0.1) is 0 Å². The van der Waals surface area contributed by atoms with Crippen molar-refractivity contribution in [3.63, 3.8) is 0 Å². The van der Waals surface area contributed by atoms with Crippen molar-refractivity contribution in [3.8, 4) is 5.75 Å². The molecule has 1 fully saturated rings. The molecule has 0 spiro atoms. The number of nitrogens with zero attached hydrogens (tertiary/aromatic N) is 2. The molecule has 3 rings (SSSR count). The second kappa shape index (κ2) is 8.64. The molecule has 0 atom stereocenters. The first-order valence-electron chi connectivity index (χ1n) is 9.47. The Bertz CT molecular complexity index is 941. The summed E-state index contributed by atoms with van der Waals surface area (Å²) in [5.74, 6) is 0.135. The zero-order chi connectivity index (χ0) is 21.0. The van der Waals surface area contributed by atoms with Gasteiger partial charge in [0.05, 0.1) is 12.3 Å². The molecule has 1 saturated heterocycles. The zero-order valence-corrected chi connectivity index (χ0v) is 16.6. The van der Waals surface area contributed by atoms with Gasteiger partial charge in [-0.05, 0) is 57.2 Å². The fraction of sp³-hybridized carbons (Fsp3) is 0.286. The summed E-state index contributed by atoms with van der Waals surface area (Å²) < 4.78 is 11.1. The number of urea groups is 1. The molecule has 1 aliphatic heterocycles. The van der Waals surface area contributed by atoms with Gasteiger partial charge in [-0.2, -0.15) is 0 Å². The molecule has 0 radical (unpaired) electrons. The predicted octanol–water partition coefficient (Wildman–Crippen LogP) is 3.19. The number of carbonyl (C=O) groups is 3. The molecule has 0 saturated carbocycles. The van der Waals surface area contributed by atoms with Crippen LogP contribution < -0.4 is 19.9 Å². The lowest BCUT2D eigenvalue weighted by molar-refractivity contribution is -0.122. The average Bonchev–Trinajstić information content (AvgIpc) is 3.16. The van der Waals surface area contributed by atoms with Crippen molar-refractivity contribution >= 4 is 35.5 Å². The van der Waals surface area contributed by atoms with E-state index in [1.165, 1.54) is 6.08 Å². The van der Waals surface area contributed by atoms with Crippen LogP contribution in [0.2, 0.25) is 0 Å². The number of nitrogens with one attached hydrogen (secondary N) is 1. The van der Waals surface area contributed by atoms with Crippen molar-refractivity contribution in [2.75, 3.05) is 29.5 Å². The third-order valence-electron chi connectivity index (χ3n) is 4.48. The smallest absolute Gasteiger partial charge is 0.335 e. The first-order chi connectivity index (χ1) is 14.0. The summed E-state index contributed by atoms with van der Waals surface area (Å²) in [6.07, 6.45) is 1.35. The fourth-order valence-corrected chi connectivity index (χ4v) is 3.02. The zero-order valence-electron chi connectivity index (χ0n) is 16.6. The maximum atomic E-state index is 12.9. The number of carbonyl (C=O) groups excluding carboxylic acids is 3. The van der Waals surface area contributed by atoms with Crippen LogP contribution >= 0.6 is 0 Å². The molecular formula is C21H23N3O5. The number of anilines is 2. The van der Waals surface area contributed by atoms with E-state index in [2.05, 4.69) is 5.32 Å². The number of hydrogen-bond donors (Lipinski definition) is 1. The van der Waals surface area contributed by atoms with E-state index in [1.807, 2.05) is 25.7 Å². The van der Waals surface area contributed by atoms with Gasteiger partial charge in [-0.3, -0.25) is 14.9 Å².